The first kappa shape index (κ1) is 14.3. The maximum atomic E-state index is 12.3. The topological polar surface area (TPSA) is 29.5 Å². The summed E-state index contributed by atoms with van der Waals surface area (Å²) in [6.07, 6.45) is 2.46. The number of amides is 1. The molecule has 0 unspecified atom stereocenters. The maximum absolute atomic E-state index is 12.3. The first-order valence-electron chi connectivity index (χ1n) is 6.96. The first-order valence-corrected chi connectivity index (χ1v) is 7.95. The predicted molar refractivity (Wildman–Crippen MR) is 80.2 cm³/mol. The van der Waals surface area contributed by atoms with Gasteiger partial charge in [0, 0.05) is 18.7 Å². The van der Waals surface area contributed by atoms with Crippen LogP contribution in [0.4, 0.5) is 5.69 Å². The number of nitrogens with zero attached hydrogens (tertiary/aromatic N) is 1. The zero-order valence-electron chi connectivity index (χ0n) is 11.6. The van der Waals surface area contributed by atoms with E-state index in [0.717, 1.165) is 48.1 Å². The highest BCUT2D eigenvalue weighted by atomic mass is 32.2. The van der Waals surface area contributed by atoms with Crippen molar-refractivity contribution in [1.82, 2.24) is 0 Å². The minimum absolute atomic E-state index is 0.212. The van der Waals surface area contributed by atoms with Crippen LogP contribution in [0, 0.1) is 0 Å². The molecular formula is C15H21NO2S. The van der Waals surface area contributed by atoms with Crippen LogP contribution in [-0.2, 0) is 4.79 Å². The SMILES string of the molecule is CCCC(=O)N(CCC)c1cccc2c1SCCO2. The molecule has 0 radical (unpaired) electrons. The molecule has 0 spiro atoms. The fourth-order valence-electron chi connectivity index (χ4n) is 2.22. The van der Waals surface area contributed by atoms with Crippen molar-refractivity contribution < 1.29 is 9.53 Å². The molecule has 1 aliphatic heterocycles. The Hall–Kier alpha value is -1.16. The average Bonchev–Trinajstić information content (AvgIpc) is 2.44. The van der Waals surface area contributed by atoms with Crippen LogP contribution >= 0.6 is 11.8 Å². The Morgan fingerprint density at radius 1 is 1.37 bits per heavy atom. The molecule has 0 atom stereocenters. The van der Waals surface area contributed by atoms with Gasteiger partial charge in [-0.2, -0.15) is 0 Å². The molecule has 0 aliphatic carbocycles. The van der Waals surface area contributed by atoms with E-state index in [4.69, 9.17) is 4.74 Å². The van der Waals surface area contributed by atoms with E-state index >= 15 is 0 Å². The summed E-state index contributed by atoms with van der Waals surface area (Å²) in [7, 11) is 0. The van der Waals surface area contributed by atoms with Crippen LogP contribution in [0.5, 0.6) is 5.75 Å². The van der Waals surface area contributed by atoms with Gasteiger partial charge in [-0.1, -0.05) is 19.9 Å². The molecule has 0 saturated heterocycles. The number of anilines is 1. The zero-order chi connectivity index (χ0) is 13.7. The van der Waals surface area contributed by atoms with Gasteiger partial charge in [-0.15, -0.1) is 11.8 Å². The molecule has 2 rings (SSSR count). The number of thioether (sulfide) groups is 1. The van der Waals surface area contributed by atoms with Crippen molar-refractivity contribution in [2.45, 2.75) is 38.0 Å². The average molecular weight is 279 g/mol. The third-order valence-corrected chi connectivity index (χ3v) is 4.12. The molecule has 19 heavy (non-hydrogen) atoms. The summed E-state index contributed by atoms with van der Waals surface area (Å²) in [6, 6.07) is 5.99. The highest BCUT2D eigenvalue weighted by Crippen LogP contribution is 2.41. The number of carbonyl (C=O) groups excluding carboxylic acids is 1. The fraction of sp³-hybridized carbons (Fsp3) is 0.533. The lowest BCUT2D eigenvalue weighted by Crippen LogP contribution is -2.32. The van der Waals surface area contributed by atoms with Gasteiger partial charge < -0.3 is 9.64 Å². The third-order valence-electron chi connectivity index (χ3n) is 3.05. The molecule has 3 nitrogen and oxygen atoms in total. The van der Waals surface area contributed by atoms with Gasteiger partial charge >= 0.3 is 0 Å². The van der Waals surface area contributed by atoms with Crippen molar-refractivity contribution in [3.8, 4) is 5.75 Å². The Labute approximate surface area is 119 Å². The molecule has 4 heteroatoms. The van der Waals surface area contributed by atoms with Crippen molar-refractivity contribution in [3.63, 3.8) is 0 Å². The van der Waals surface area contributed by atoms with Gasteiger partial charge in [0.1, 0.15) is 5.75 Å². The van der Waals surface area contributed by atoms with E-state index in [-0.39, 0.29) is 5.91 Å². The molecule has 104 valence electrons. The minimum atomic E-state index is 0.212. The highest BCUT2D eigenvalue weighted by Gasteiger charge is 2.22. The molecule has 0 N–H and O–H groups in total. The Kier molecular flexibility index (Phi) is 5.14. The lowest BCUT2D eigenvalue weighted by atomic mass is 10.2. The van der Waals surface area contributed by atoms with Gasteiger partial charge in [0.15, 0.2) is 0 Å². The number of rotatable bonds is 5. The van der Waals surface area contributed by atoms with Gasteiger partial charge in [-0.3, -0.25) is 4.79 Å². The van der Waals surface area contributed by atoms with Crippen molar-refractivity contribution in [2.75, 3.05) is 23.8 Å². The normalized spacial score (nSPS) is 13.6. The fourth-order valence-corrected chi connectivity index (χ4v) is 3.19. The molecule has 1 aliphatic rings. The summed E-state index contributed by atoms with van der Waals surface area (Å²) < 4.78 is 5.67. The van der Waals surface area contributed by atoms with Crippen LogP contribution in [0.15, 0.2) is 23.1 Å². The van der Waals surface area contributed by atoms with Crippen LogP contribution in [0.25, 0.3) is 0 Å². The second-order valence-electron chi connectivity index (χ2n) is 4.60. The van der Waals surface area contributed by atoms with Crippen molar-refractivity contribution in [1.29, 1.82) is 0 Å². The van der Waals surface area contributed by atoms with Gasteiger partial charge in [0.2, 0.25) is 5.91 Å². The van der Waals surface area contributed by atoms with Gasteiger partial charge in [0.25, 0.3) is 0 Å². The number of hydrogen-bond acceptors (Lipinski definition) is 3. The smallest absolute Gasteiger partial charge is 0.227 e. The first-order chi connectivity index (χ1) is 9.27. The molecule has 0 bridgehead atoms. The molecule has 1 aromatic rings. The molecule has 0 saturated carbocycles. The Morgan fingerprint density at radius 2 is 2.21 bits per heavy atom. The predicted octanol–water partition coefficient (Wildman–Crippen LogP) is 3.71. The lowest BCUT2D eigenvalue weighted by Gasteiger charge is -2.27. The summed E-state index contributed by atoms with van der Waals surface area (Å²) in [6.45, 7) is 5.67. The summed E-state index contributed by atoms with van der Waals surface area (Å²) in [4.78, 5) is 15.3. The Balaban J connectivity index is 2.33. The van der Waals surface area contributed by atoms with Crippen molar-refractivity contribution >= 4 is 23.4 Å². The monoisotopic (exact) mass is 279 g/mol. The van der Waals surface area contributed by atoms with Gasteiger partial charge in [0.05, 0.1) is 17.2 Å². The quantitative estimate of drug-likeness (QED) is 0.823. The Bertz CT molecular complexity index is 448. The van der Waals surface area contributed by atoms with E-state index in [9.17, 15) is 4.79 Å². The van der Waals surface area contributed by atoms with Crippen molar-refractivity contribution in [3.05, 3.63) is 18.2 Å². The molecule has 0 fully saturated rings. The largest absolute Gasteiger partial charge is 0.491 e. The summed E-state index contributed by atoms with van der Waals surface area (Å²) in [5, 5.41) is 0. The zero-order valence-corrected chi connectivity index (χ0v) is 12.5. The van der Waals surface area contributed by atoms with E-state index in [1.54, 1.807) is 11.8 Å². The second-order valence-corrected chi connectivity index (χ2v) is 5.70. The number of hydrogen-bond donors (Lipinski definition) is 0. The number of carbonyl (C=O) groups is 1. The van der Waals surface area contributed by atoms with Gasteiger partial charge in [-0.05, 0) is 25.0 Å². The van der Waals surface area contributed by atoms with Crippen molar-refractivity contribution in [2.24, 2.45) is 0 Å². The molecule has 0 aromatic heterocycles. The molecule has 1 amide bonds. The minimum Gasteiger partial charge on any atom is -0.491 e. The summed E-state index contributed by atoms with van der Waals surface area (Å²) in [5.41, 5.74) is 1.02. The standard InChI is InChI=1S/C15H21NO2S/c1-3-6-14(17)16(9-4-2)12-7-5-8-13-15(12)19-11-10-18-13/h5,7-8H,3-4,6,9-11H2,1-2H3. The lowest BCUT2D eigenvalue weighted by molar-refractivity contribution is -0.118. The van der Waals surface area contributed by atoms with Crippen LogP contribution < -0.4 is 9.64 Å². The highest BCUT2D eigenvalue weighted by molar-refractivity contribution is 7.99. The van der Waals surface area contributed by atoms with E-state index < -0.39 is 0 Å². The Morgan fingerprint density at radius 3 is 2.95 bits per heavy atom. The number of ether oxygens (including phenoxy) is 1. The second kappa shape index (κ2) is 6.85. The third kappa shape index (κ3) is 3.24. The van der Waals surface area contributed by atoms with Crippen LogP contribution in [0.1, 0.15) is 33.1 Å². The number of benzene rings is 1. The summed E-state index contributed by atoms with van der Waals surface area (Å²) >= 11 is 1.79. The van der Waals surface area contributed by atoms with Crippen LogP contribution in [-0.4, -0.2) is 24.8 Å². The molecule has 1 aromatic carbocycles. The molecular weight excluding hydrogens is 258 g/mol. The van der Waals surface area contributed by atoms with Gasteiger partial charge in [-0.25, -0.2) is 0 Å². The van der Waals surface area contributed by atoms with E-state index in [2.05, 4.69) is 6.92 Å². The summed E-state index contributed by atoms with van der Waals surface area (Å²) in [5.74, 6) is 2.08. The van der Waals surface area contributed by atoms with E-state index in [0.29, 0.717) is 6.42 Å². The van der Waals surface area contributed by atoms with Crippen LogP contribution in [0.3, 0.4) is 0 Å². The van der Waals surface area contributed by atoms with E-state index in [1.165, 1.54) is 0 Å². The van der Waals surface area contributed by atoms with Crippen LogP contribution in [0.2, 0.25) is 0 Å². The van der Waals surface area contributed by atoms with E-state index in [1.807, 2.05) is 30.0 Å². The number of fused-ring (bicyclic) bond motifs is 1. The maximum Gasteiger partial charge on any atom is 0.227 e. The molecule has 1 heterocycles.